The molecule has 0 N–H and O–H groups in total. The van der Waals surface area contributed by atoms with Gasteiger partial charge in [0.2, 0.25) is 0 Å². The van der Waals surface area contributed by atoms with E-state index in [1.165, 1.54) is 99.5 Å². The fourth-order valence-corrected chi connectivity index (χ4v) is 8.45. The van der Waals surface area contributed by atoms with Crippen LogP contribution in [-0.4, -0.2) is 9.13 Å². The smallest absolute Gasteiger partial charge is 0.0619 e. The minimum atomic E-state index is 1.18. The topological polar surface area (TPSA) is 9.86 Å². The Morgan fingerprint density at radius 2 is 0.800 bits per heavy atom. The number of aromatic nitrogens is 2. The van der Waals surface area contributed by atoms with Crippen LogP contribution in [-0.2, 0) is 0 Å². The van der Waals surface area contributed by atoms with E-state index in [0.29, 0.717) is 0 Å². The largest absolute Gasteiger partial charge is 0.309 e. The zero-order valence-electron chi connectivity index (χ0n) is 27.2. The SMILES string of the molecule is c1ccc(-n2c3ccccc3c3cc(-c4cccc(-c5ccc6c(c5)c5cccc7c5n6-c5ccccc5-c5ccccc5-7)c4)ccc32)cc1. The second-order valence-corrected chi connectivity index (χ2v) is 13.3. The Hall–Kier alpha value is -6.64. The van der Waals surface area contributed by atoms with Crippen molar-refractivity contribution >= 4 is 43.6 Å². The summed E-state index contributed by atoms with van der Waals surface area (Å²) in [6.45, 7) is 0. The molecule has 2 aromatic heterocycles. The fraction of sp³-hybridized carbons (Fsp3) is 0. The van der Waals surface area contributed by atoms with E-state index in [9.17, 15) is 0 Å². The Bertz CT molecular complexity index is 2980. The molecule has 0 fully saturated rings. The maximum atomic E-state index is 2.48. The molecule has 1 aliphatic heterocycles. The van der Waals surface area contributed by atoms with Crippen LogP contribution in [0.15, 0.2) is 182 Å². The van der Waals surface area contributed by atoms with Crippen LogP contribution in [0.3, 0.4) is 0 Å². The van der Waals surface area contributed by atoms with Gasteiger partial charge in [0, 0.05) is 38.4 Å². The highest BCUT2D eigenvalue weighted by Gasteiger charge is 2.24. The van der Waals surface area contributed by atoms with Gasteiger partial charge in [0.25, 0.3) is 0 Å². The Balaban J connectivity index is 1.08. The number of hydrogen-bond acceptors (Lipinski definition) is 0. The highest BCUT2D eigenvalue weighted by molar-refractivity contribution is 6.17. The zero-order valence-corrected chi connectivity index (χ0v) is 27.2. The quantitative estimate of drug-likeness (QED) is 0.183. The third kappa shape index (κ3) is 3.85. The molecule has 8 aromatic carbocycles. The van der Waals surface area contributed by atoms with Crippen molar-refractivity contribution in [1.82, 2.24) is 9.13 Å². The molecule has 0 saturated carbocycles. The molecule has 3 heterocycles. The lowest BCUT2D eigenvalue weighted by Gasteiger charge is -2.12. The molecule has 0 aliphatic carbocycles. The lowest BCUT2D eigenvalue weighted by molar-refractivity contribution is 1.18. The minimum Gasteiger partial charge on any atom is -0.309 e. The second kappa shape index (κ2) is 10.4. The van der Waals surface area contributed by atoms with Gasteiger partial charge >= 0.3 is 0 Å². The van der Waals surface area contributed by atoms with Gasteiger partial charge in [0.1, 0.15) is 0 Å². The number of benzene rings is 8. The highest BCUT2D eigenvalue weighted by atomic mass is 15.0. The average Bonchev–Trinajstić information content (AvgIpc) is 3.66. The average molecular weight is 635 g/mol. The molecule has 1 aliphatic rings. The normalized spacial score (nSPS) is 12.0. The van der Waals surface area contributed by atoms with Crippen molar-refractivity contribution in [2.45, 2.75) is 0 Å². The second-order valence-electron chi connectivity index (χ2n) is 13.3. The molecular weight excluding hydrogens is 605 g/mol. The standard InChI is InChI=1S/C48H30N2/c1-2-14-35(15-3-1)49-44-22-8-7-19-39(44)42-29-33(24-26-46(42)49)31-12-10-13-32(28-31)34-25-27-47-43(30-34)41-21-11-20-40-37-17-5-4-16-36(37)38-18-6-9-23-45(38)50(47)48(40)41/h1-30H. The first kappa shape index (κ1) is 27.3. The van der Waals surface area contributed by atoms with E-state index in [1.54, 1.807) is 0 Å². The van der Waals surface area contributed by atoms with Crippen LogP contribution in [0.4, 0.5) is 0 Å². The van der Waals surface area contributed by atoms with Crippen LogP contribution in [0, 0.1) is 0 Å². The van der Waals surface area contributed by atoms with Crippen molar-refractivity contribution < 1.29 is 0 Å². The van der Waals surface area contributed by atoms with Crippen LogP contribution in [0.1, 0.15) is 0 Å². The van der Waals surface area contributed by atoms with E-state index < -0.39 is 0 Å². The van der Waals surface area contributed by atoms with Crippen molar-refractivity contribution in [2.75, 3.05) is 0 Å². The van der Waals surface area contributed by atoms with E-state index >= 15 is 0 Å². The van der Waals surface area contributed by atoms with Gasteiger partial charge in [-0.2, -0.15) is 0 Å². The molecule has 0 atom stereocenters. The number of fused-ring (bicyclic) bond motifs is 11. The highest BCUT2D eigenvalue weighted by Crippen LogP contribution is 2.47. The van der Waals surface area contributed by atoms with Gasteiger partial charge in [-0.25, -0.2) is 0 Å². The molecule has 11 rings (SSSR count). The van der Waals surface area contributed by atoms with E-state index in [4.69, 9.17) is 0 Å². The maximum Gasteiger partial charge on any atom is 0.0619 e. The van der Waals surface area contributed by atoms with Gasteiger partial charge in [-0.15, -0.1) is 0 Å². The van der Waals surface area contributed by atoms with Gasteiger partial charge in [0.05, 0.1) is 27.8 Å². The summed E-state index contributed by atoms with van der Waals surface area (Å²) in [5, 5.41) is 5.08. The first-order valence-corrected chi connectivity index (χ1v) is 17.3. The molecule has 0 bridgehead atoms. The number of para-hydroxylation sites is 4. The maximum absolute atomic E-state index is 2.48. The molecule has 10 aromatic rings. The summed E-state index contributed by atoms with van der Waals surface area (Å²) in [5.74, 6) is 0. The minimum absolute atomic E-state index is 1.18. The zero-order chi connectivity index (χ0) is 32.8. The van der Waals surface area contributed by atoms with E-state index in [0.717, 1.165) is 0 Å². The third-order valence-electron chi connectivity index (χ3n) is 10.7. The number of rotatable bonds is 3. The Labute approximate surface area is 289 Å². The Morgan fingerprint density at radius 1 is 0.280 bits per heavy atom. The predicted molar refractivity (Wildman–Crippen MR) is 210 cm³/mol. The fourth-order valence-electron chi connectivity index (χ4n) is 8.45. The molecule has 2 heteroatoms. The summed E-state index contributed by atoms with van der Waals surface area (Å²) in [6.07, 6.45) is 0. The Kier molecular flexibility index (Phi) is 5.70. The van der Waals surface area contributed by atoms with E-state index in [1.807, 2.05) is 0 Å². The van der Waals surface area contributed by atoms with Crippen LogP contribution < -0.4 is 0 Å². The molecular formula is C48H30N2. The van der Waals surface area contributed by atoms with Crippen LogP contribution in [0.25, 0.3) is 99.5 Å². The van der Waals surface area contributed by atoms with Crippen molar-refractivity contribution in [3.63, 3.8) is 0 Å². The number of nitrogens with zero attached hydrogens (tertiary/aromatic N) is 2. The Morgan fingerprint density at radius 3 is 1.58 bits per heavy atom. The summed E-state index contributed by atoms with van der Waals surface area (Å²) in [7, 11) is 0. The molecule has 232 valence electrons. The lowest BCUT2D eigenvalue weighted by Crippen LogP contribution is -1.95. The summed E-state index contributed by atoms with van der Waals surface area (Å²) in [5.41, 5.74) is 17.3. The predicted octanol–water partition coefficient (Wildman–Crippen LogP) is 12.9. The van der Waals surface area contributed by atoms with Crippen LogP contribution in [0.5, 0.6) is 0 Å². The van der Waals surface area contributed by atoms with Gasteiger partial charge in [-0.1, -0.05) is 127 Å². The van der Waals surface area contributed by atoms with Crippen LogP contribution in [0.2, 0.25) is 0 Å². The summed E-state index contributed by atoms with van der Waals surface area (Å²) < 4.78 is 4.86. The summed E-state index contributed by atoms with van der Waals surface area (Å²) >= 11 is 0. The molecule has 0 amide bonds. The lowest BCUT2D eigenvalue weighted by atomic mass is 9.93. The van der Waals surface area contributed by atoms with Gasteiger partial charge in [-0.05, 0) is 88.0 Å². The van der Waals surface area contributed by atoms with E-state index in [2.05, 4.69) is 191 Å². The van der Waals surface area contributed by atoms with Crippen molar-refractivity contribution in [2.24, 2.45) is 0 Å². The van der Waals surface area contributed by atoms with Gasteiger partial charge < -0.3 is 9.13 Å². The van der Waals surface area contributed by atoms with Crippen LogP contribution >= 0.6 is 0 Å². The van der Waals surface area contributed by atoms with Crippen molar-refractivity contribution in [1.29, 1.82) is 0 Å². The first-order valence-electron chi connectivity index (χ1n) is 17.3. The monoisotopic (exact) mass is 634 g/mol. The molecule has 0 unspecified atom stereocenters. The molecule has 0 saturated heterocycles. The van der Waals surface area contributed by atoms with Crippen molar-refractivity contribution in [3.8, 4) is 55.9 Å². The summed E-state index contributed by atoms with van der Waals surface area (Å²) in [4.78, 5) is 0. The molecule has 50 heavy (non-hydrogen) atoms. The van der Waals surface area contributed by atoms with Crippen molar-refractivity contribution in [3.05, 3.63) is 182 Å². The molecule has 0 spiro atoms. The summed E-state index contributed by atoms with van der Waals surface area (Å²) in [6, 6.07) is 66.8. The number of hydrogen-bond donors (Lipinski definition) is 0. The molecule has 0 radical (unpaired) electrons. The van der Waals surface area contributed by atoms with E-state index in [-0.39, 0.29) is 0 Å². The molecule has 2 nitrogen and oxygen atoms in total. The first-order chi connectivity index (χ1) is 24.8. The van der Waals surface area contributed by atoms with Gasteiger partial charge in [0.15, 0.2) is 0 Å². The van der Waals surface area contributed by atoms with Gasteiger partial charge in [-0.3, -0.25) is 0 Å². The third-order valence-corrected chi connectivity index (χ3v) is 10.7.